The Kier molecular flexibility index (Phi) is 2.36. The Morgan fingerprint density at radius 3 is 2.23 bits per heavy atom. The summed E-state index contributed by atoms with van der Waals surface area (Å²) in [7, 11) is 0. The van der Waals surface area contributed by atoms with Crippen molar-refractivity contribution in [3.05, 3.63) is 44.5 Å². The van der Waals surface area contributed by atoms with Gasteiger partial charge >= 0.3 is 0 Å². The van der Waals surface area contributed by atoms with E-state index in [2.05, 4.69) is 4.98 Å². The number of hydrogen-bond acceptors (Lipinski definition) is 2. The Balaban J connectivity index is 3.46. The first kappa shape index (κ1) is 9.71. The van der Waals surface area contributed by atoms with E-state index in [1.165, 1.54) is 12.1 Å². The maximum Gasteiger partial charge on any atom is 0.251 e. The van der Waals surface area contributed by atoms with Gasteiger partial charge in [0.2, 0.25) is 0 Å². The van der Waals surface area contributed by atoms with Crippen LogP contribution in [0, 0.1) is 0 Å². The van der Waals surface area contributed by atoms with E-state index in [0.717, 1.165) is 5.56 Å². The molecule has 3 nitrogen and oxygen atoms in total. The van der Waals surface area contributed by atoms with Gasteiger partial charge in [0, 0.05) is 12.1 Å². The normalized spacial score (nSPS) is 11.3. The molecule has 1 rings (SSSR count). The van der Waals surface area contributed by atoms with Crippen LogP contribution in [0.2, 0.25) is 0 Å². The molecule has 70 valence electrons. The van der Waals surface area contributed by atoms with Crippen LogP contribution in [-0.4, -0.2) is 4.98 Å². The zero-order valence-electron chi connectivity index (χ0n) is 8.05. The van der Waals surface area contributed by atoms with Crippen molar-refractivity contribution in [3.63, 3.8) is 0 Å². The quantitative estimate of drug-likeness (QED) is 0.646. The van der Waals surface area contributed by atoms with E-state index in [9.17, 15) is 9.59 Å². The predicted octanol–water partition coefficient (Wildman–Crippen LogP) is 1.03. The summed E-state index contributed by atoms with van der Waals surface area (Å²) in [6, 6.07) is 4.52. The fourth-order valence-corrected chi connectivity index (χ4v) is 1.02. The van der Waals surface area contributed by atoms with Crippen molar-refractivity contribution in [3.8, 4) is 0 Å². The first-order valence-corrected chi connectivity index (χ1v) is 4.15. The van der Waals surface area contributed by atoms with Crippen LogP contribution in [0.15, 0.2) is 27.8 Å². The van der Waals surface area contributed by atoms with Gasteiger partial charge in [-0.3, -0.25) is 14.6 Å². The first-order valence-electron chi connectivity index (χ1n) is 4.15. The number of hydrogen-bond donors (Lipinski definition) is 1. The highest BCUT2D eigenvalue weighted by Gasteiger charge is 2.12. The van der Waals surface area contributed by atoms with Crippen LogP contribution >= 0.6 is 0 Å². The molecule has 0 spiro atoms. The smallest absolute Gasteiger partial charge is 0.251 e. The maximum atomic E-state index is 11.1. The zero-order valence-corrected chi connectivity index (χ0v) is 8.05. The topological polar surface area (TPSA) is 49.9 Å². The zero-order chi connectivity index (χ0) is 10.1. The lowest BCUT2D eigenvalue weighted by atomic mass is 9.88. The average Bonchev–Trinajstić information content (AvgIpc) is 2.09. The third-order valence-electron chi connectivity index (χ3n) is 1.81. The minimum atomic E-state index is -0.361. The highest BCUT2D eigenvalue weighted by atomic mass is 16.2. The third kappa shape index (κ3) is 2.54. The van der Waals surface area contributed by atoms with Crippen LogP contribution in [0.5, 0.6) is 0 Å². The van der Waals surface area contributed by atoms with Gasteiger partial charge in [0.1, 0.15) is 0 Å². The van der Waals surface area contributed by atoms with Gasteiger partial charge in [-0.25, -0.2) is 0 Å². The Morgan fingerprint density at radius 2 is 1.69 bits per heavy atom. The number of aromatic nitrogens is 1. The first-order chi connectivity index (χ1) is 5.89. The van der Waals surface area contributed by atoms with Gasteiger partial charge in [0.25, 0.3) is 11.1 Å². The lowest BCUT2D eigenvalue weighted by Crippen LogP contribution is -2.14. The second-order valence-electron chi connectivity index (χ2n) is 4.04. The molecule has 1 N–H and O–H groups in total. The molecule has 1 aromatic rings. The summed E-state index contributed by atoms with van der Waals surface area (Å²) in [5.41, 5.74) is 0.0367. The molecule has 0 amide bonds. The highest BCUT2D eigenvalue weighted by molar-refractivity contribution is 5.19. The molecule has 13 heavy (non-hydrogen) atoms. The van der Waals surface area contributed by atoms with E-state index in [-0.39, 0.29) is 16.5 Å². The molecule has 1 aromatic heterocycles. The second kappa shape index (κ2) is 3.17. The summed E-state index contributed by atoms with van der Waals surface area (Å²) in [5.74, 6) is 0. The highest BCUT2D eigenvalue weighted by Crippen LogP contribution is 2.18. The summed E-state index contributed by atoms with van der Waals surface area (Å²) in [4.78, 5) is 24.2. The predicted molar refractivity (Wildman–Crippen MR) is 52.0 cm³/mol. The Hall–Kier alpha value is -1.38. The minimum absolute atomic E-state index is 0.113. The number of rotatable bonds is 0. The van der Waals surface area contributed by atoms with Crippen LogP contribution in [0.1, 0.15) is 26.3 Å². The van der Waals surface area contributed by atoms with Crippen molar-refractivity contribution in [1.29, 1.82) is 0 Å². The summed E-state index contributed by atoms with van der Waals surface area (Å²) in [6.45, 7) is 5.98. The van der Waals surface area contributed by atoms with E-state index in [4.69, 9.17) is 0 Å². The summed E-state index contributed by atoms with van der Waals surface area (Å²) < 4.78 is 0. The maximum absolute atomic E-state index is 11.1. The van der Waals surface area contributed by atoms with E-state index < -0.39 is 0 Å². The molecular formula is C10H13NO2. The van der Waals surface area contributed by atoms with Crippen LogP contribution in [-0.2, 0) is 5.41 Å². The molecule has 0 saturated heterocycles. The molecule has 0 unspecified atom stereocenters. The minimum Gasteiger partial charge on any atom is -0.289 e. The molecule has 0 radical (unpaired) electrons. The third-order valence-corrected chi connectivity index (χ3v) is 1.81. The van der Waals surface area contributed by atoms with E-state index >= 15 is 0 Å². The monoisotopic (exact) mass is 179 g/mol. The Labute approximate surface area is 76.4 Å². The van der Waals surface area contributed by atoms with Crippen molar-refractivity contribution in [2.75, 3.05) is 0 Å². The van der Waals surface area contributed by atoms with Gasteiger partial charge in [0.05, 0.1) is 0 Å². The molecule has 0 aliphatic rings. The average molecular weight is 179 g/mol. The van der Waals surface area contributed by atoms with E-state index in [1.54, 1.807) is 6.07 Å². The fraction of sp³-hybridized carbons (Fsp3) is 0.400. The SMILES string of the molecule is CC(C)(C)c1ccc(=O)[nH]c(=O)c1. The molecule has 0 aromatic carbocycles. The Bertz CT molecular complexity index is 412. The van der Waals surface area contributed by atoms with Gasteiger partial charge < -0.3 is 0 Å². The van der Waals surface area contributed by atoms with Gasteiger partial charge in [-0.2, -0.15) is 0 Å². The van der Waals surface area contributed by atoms with Crippen LogP contribution < -0.4 is 11.1 Å². The van der Waals surface area contributed by atoms with Gasteiger partial charge in [-0.1, -0.05) is 26.8 Å². The molecular weight excluding hydrogens is 166 g/mol. The number of nitrogens with one attached hydrogen (secondary N) is 1. The molecule has 0 atom stereocenters. The fourth-order valence-electron chi connectivity index (χ4n) is 1.02. The summed E-state index contributed by atoms with van der Waals surface area (Å²) >= 11 is 0. The van der Waals surface area contributed by atoms with Gasteiger partial charge in [-0.15, -0.1) is 0 Å². The molecule has 1 heterocycles. The number of H-pyrrole nitrogens is 1. The van der Waals surface area contributed by atoms with Crippen LogP contribution in [0.3, 0.4) is 0 Å². The van der Waals surface area contributed by atoms with Crippen molar-refractivity contribution in [1.82, 2.24) is 4.98 Å². The van der Waals surface area contributed by atoms with Gasteiger partial charge in [0.15, 0.2) is 0 Å². The molecule has 0 bridgehead atoms. The lowest BCUT2D eigenvalue weighted by Gasteiger charge is -2.16. The van der Waals surface area contributed by atoms with Crippen molar-refractivity contribution in [2.24, 2.45) is 0 Å². The van der Waals surface area contributed by atoms with E-state index in [0.29, 0.717) is 0 Å². The second-order valence-corrected chi connectivity index (χ2v) is 4.04. The molecule has 0 saturated carbocycles. The molecule has 3 heteroatoms. The molecule has 0 fully saturated rings. The lowest BCUT2D eigenvalue weighted by molar-refractivity contribution is 0.590. The van der Waals surface area contributed by atoms with E-state index in [1.807, 2.05) is 20.8 Å². The van der Waals surface area contributed by atoms with Crippen LogP contribution in [0.25, 0.3) is 0 Å². The van der Waals surface area contributed by atoms with Crippen molar-refractivity contribution in [2.45, 2.75) is 26.2 Å². The molecule has 0 aliphatic carbocycles. The number of aromatic amines is 1. The Morgan fingerprint density at radius 1 is 1.08 bits per heavy atom. The molecule has 0 aliphatic heterocycles. The largest absolute Gasteiger partial charge is 0.289 e. The van der Waals surface area contributed by atoms with Crippen molar-refractivity contribution < 1.29 is 0 Å². The van der Waals surface area contributed by atoms with Gasteiger partial charge in [-0.05, 0) is 11.0 Å². The van der Waals surface area contributed by atoms with Crippen molar-refractivity contribution >= 4 is 0 Å². The van der Waals surface area contributed by atoms with Crippen LogP contribution in [0.4, 0.5) is 0 Å². The summed E-state index contributed by atoms with van der Waals surface area (Å²) in [6.07, 6.45) is 0. The summed E-state index contributed by atoms with van der Waals surface area (Å²) in [5, 5.41) is 0. The standard InChI is InChI=1S/C10H13NO2/c1-10(2,3)7-4-5-8(12)11-9(13)6-7/h4-6H,1-3H3,(H,11,12,13).